The summed E-state index contributed by atoms with van der Waals surface area (Å²) in [6.45, 7) is 3.71. The number of aromatic hydroxyl groups is 1. The molecule has 0 fully saturated rings. The van der Waals surface area contributed by atoms with Gasteiger partial charge in [-0.2, -0.15) is 0 Å². The highest BCUT2D eigenvalue weighted by Crippen LogP contribution is 2.29. The number of hydrogen-bond acceptors (Lipinski definition) is 4. The van der Waals surface area contributed by atoms with Crippen LogP contribution in [0.25, 0.3) is 0 Å². The van der Waals surface area contributed by atoms with Gasteiger partial charge in [-0.1, -0.05) is 18.2 Å². The maximum absolute atomic E-state index is 9.46. The van der Waals surface area contributed by atoms with E-state index in [0.29, 0.717) is 19.0 Å². The fraction of sp³-hybridized carbons (Fsp3) is 0.294. The maximum atomic E-state index is 9.46. The highest BCUT2D eigenvalue weighted by Gasteiger charge is 2.07. The molecular weight excluding hydrogens is 266 g/mol. The van der Waals surface area contributed by atoms with E-state index in [9.17, 15) is 5.11 Å². The Morgan fingerprint density at radius 3 is 2.57 bits per heavy atom. The molecule has 0 aromatic heterocycles. The normalized spacial score (nSPS) is 10.4. The van der Waals surface area contributed by atoms with Gasteiger partial charge in [0, 0.05) is 6.54 Å². The van der Waals surface area contributed by atoms with Crippen molar-refractivity contribution in [3.63, 3.8) is 0 Å². The van der Waals surface area contributed by atoms with Crippen LogP contribution in [0, 0.1) is 0 Å². The summed E-state index contributed by atoms with van der Waals surface area (Å²) in [6.07, 6.45) is 0. The van der Waals surface area contributed by atoms with Crippen LogP contribution in [0.4, 0.5) is 0 Å². The highest BCUT2D eigenvalue weighted by molar-refractivity contribution is 5.43. The lowest BCUT2D eigenvalue weighted by Gasteiger charge is -2.13. The Bertz CT molecular complexity index is 584. The van der Waals surface area contributed by atoms with Gasteiger partial charge in [0.05, 0.1) is 6.61 Å². The van der Waals surface area contributed by atoms with Gasteiger partial charge in [0.15, 0.2) is 11.5 Å². The van der Waals surface area contributed by atoms with E-state index in [4.69, 9.17) is 9.47 Å². The van der Waals surface area contributed by atoms with Crippen LogP contribution in [-0.4, -0.2) is 18.8 Å². The lowest BCUT2D eigenvalue weighted by Crippen LogP contribution is -2.06. The standard InChI is InChI=1S/C17H21NO3/c1-3-20-17-10-13(11-18-2)7-8-16(17)21-12-14-5-4-6-15(19)9-14/h4-10,18-19H,3,11-12H2,1-2H3. The minimum Gasteiger partial charge on any atom is -0.508 e. The minimum absolute atomic E-state index is 0.241. The topological polar surface area (TPSA) is 50.7 Å². The molecular formula is C17H21NO3. The van der Waals surface area contributed by atoms with Crippen LogP contribution in [-0.2, 0) is 13.2 Å². The van der Waals surface area contributed by atoms with Crippen molar-refractivity contribution in [2.45, 2.75) is 20.1 Å². The van der Waals surface area contributed by atoms with Gasteiger partial charge in [0.2, 0.25) is 0 Å². The van der Waals surface area contributed by atoms with Crippen molar-refractivity contribution >= 4 is 0 Å². The molecule has 2 aromatic carbocycles. The molecule has 2 N–H and O–H groups in total. The molecule has 4 heteroatoms. The van der Waals surface area contributed by atoms with Crippen LogP contribution >= 0.6 is 0 Å². The molecule has 0 aliphatic rings. The fourth-order valence-corrected chi connectivity index (χ4v) is 2.06. The third-order valence-corrected chi connectivity index (χ3v) is 2.99. The molecule has 2 rings (SSSR count). The zero-order valence-corrected chi connectivity index (χ0v) is 12.4. The number of nitrogens with one attached hydrogen (secondary N) is 1. The van der Waals surface area contributed by atoms with E-state index in [1.165, 1.54) is 0 Å². The van der Waals surface area contributed by atoms with Crippen molar-refractivity contribution in [2.24, 2.45) is 0 Å². The lowest BCUT2D eigenvalue weighted by atomic mass is 10.2. The Hall–Kier alpha value is -2.20. The molecule has 2 aromatic rings. The molecule has 0 unspecified atom stereocenters. The van der Waals surface area contributed by atoms with E-state index in [2.05, 4.69) is 5.32 Å². The molecule has 4 nitrogen and oxygen atoms in total. The van der Waals surface area contributed by atoms with Gasteiger partial charge in [0.1, 0.15) is 12.4 Å². The Kier molecular flexibility index (Phi) is 5.46. The molecule has 0 saturated heterocycles. The third kappa shape index (κ3) is 4.39. The Morgan fingerprint density at radius 1 is 1.00 bits per heavy atom. The summed E-state index contributed by atoms with van der Waals surface area (Å²) in [7, 11) is 1.91. The number of benzene rings is 2. The van der Waals surface area contributed by atoms with Gasteiger partial charge in [-0.15, -0.1) is 0 Å². The third-order valence-electron chi connectivity index (χ3n) is 2.99. The number of phenols is 1. The average Bonchev–Trinajstić information content (AvgIpc) is 2.47. The first kappa shape index (κ1) is 15.2. The van der Waals surface area contributed by atoms with E-state index >= 15 is 0 Å². The molecule has 0 bridgehead atoms. The predicted octanol–water partition coefficient (Wildman–Crippen LogP) is 3.09. The Morgan fingerprint density at radius 2 is 1.86 bits per heavy atom. The highest BCUT2D eigenvalue weighted by atomic mass is 16.5. The van der Waals surface area contributed by atoms with E-state index in [1.807, 2.05) is 38.2 Å². The quantitative estimate of drug-likeness (QED) is 0.821. The molecule has 0 radical (unpaired) electrons. The van der Waals surface area contributed by atoms with Crippen molar-refractivity contribution < 1.29 is 14.6 Å². The minimum atomic E-state index is 0.241. The second-order valence-corrected chi connectivity index (χ2v) is 4.70. The van der Waals surface area contributed by atoms with E-state index in [1.54, 1.807) is 18.2 Å². The summed E-state index contributed by atoms with van der Waals surface area (Å²) in [4.78, 5) is 0. The van der Waals surface area contributed by atoms with E-state index < -0.39 is 0 Å². The summed E-state index contributed by atoms with van der Waals surface area (Å²) in [5, 5.41) is 12.6. The Balaban J connectivity index is 2.11. The Labute approximate surface area is 125 Å². The van der Waals surface area contributed by atoms with Gasteiger partial charge in [-0.05, 0) is 49.4 Å². The zero-order chi connectivity index (χ0) is 15.1. The largest absolute Gasteiger partial charge is 0.508 e. The van der Waals surface area contributed by atoms with Crippen molar-refractivity contribution in [1.29, 1.82) is 0 Å². The monoisotopic (exact) mass is 287 g/mol. The fourth-order valence-electron chi connectivity index (χ4n) is 2.06. The smallest absolute Gasteiger partial charge is 0.161 e. The average molecular weight is 287 g/mol. The van der Waals surface area contributed by atoms with Gasteiger partial charge in [-0.25, -0.2) is 0 Å². The molecule has 112 valence electrons. The summed E-state index contributed by atoms with van der Waals surface area (Å²) in [5.41, 5.74) is 2.06. The molecule has 0 aliphatic heterocycles. The van der Waals surface area contributed by atoms with Crippen LogP contribution in [0.1, 0.15) is 18.1 Å². The van der Waals surface area contributed by atoms with Crippen LogP contribution in [0.15, 0.2) is 42.5 Å². The lowest BCUT2D eigenvalue weighted by molar-refractivity contribution is 0.268. The first-order valence-electron chi connectivity index (χ1n) is 7.04. The van der Waals surface area contributed by atoms with Gasteiger partial charge < -0.3 is 19.9 Å². The summed E-state index contributed by atoms with van der Waals surface area (Å²) >= 11 is 0. The summed E-state index contributed by atoms with van der Waals surface area (Å²) in [5.74, 6) is 1.69. The molecule has 0 heterocycles. The molecule has 0 spiro atoms. The van der Waals surface area contributed by atoms with Crippen LogP contribution in [0.5, 0.6) is 17.2 Å². The number of hydrogen-bond donors (Lipinski definition) is 2. The van der Waals surface area contributed by atoms with Crippen molar-refractivity contribution in [3.05, 3.63) is 53.6 Å². The first-order valence-corrected chi connectivity index (χ1v) is 7.04. The maximum Gasteiger partial charge on any atom is 0.161 e. The molecule has 0 saturated carbocycles. The van der Waals surface area contributed by atoms with Crippen LogP contribution < -0.4 is 14.8 Å². The van der Waals surface area contributed by atoms with E-state index in [0.717, 1.165) is 23.4 Å². The summed E-state index contributed by atoms with van der Waals surface area (Å²) in [6, 6.07) is 13.0. The molecule has 0 atom stereocenters. The number of phenolic OH excluding ortho intramolecular Hbond substituents is 1. The molecule has 21 heavy (non-hydrogen) atoms. The van der Waals surface area contributed by atoms with Crippen LogP contribution in [0.3, 0.4) is 0 Å². The number of ether oxygens (including phenoxy) is 2. The first-order chi connectivity index (χ1) is 10.2. The van der Waals surface area contributed by atoms with E-state index in [-0.39, 0.29) is 5.75 Å². The SMILES string of the molecule is CCOc1cc(CNC)ccc1OCc1cccc(O)c1. The van der Waals surface area contributed by atoms with Gasteiger partial charge in [-0.3, -0.25) is 0 Å². The zero-order valence-electron chi connectivity index (χ0n) is 12.4. The van der Waals surface area contributed by atoms with Crippen LogP contribution in [0.2, 0.25) is 0 Å². The molecule has 0 aliphatic carbocycles. The van der Waals surface area contributed by atoms with Gasteiger partial charge in [0.25, 0.3) is 0 Å². The summed E-state index contributed by atoms with van der Waals surface area (Å²) < 4.78 is 11.4. The second-order valence-electron chi connectivity index (χ2n) is 4.70. The van der Waals surface area contributed by atoms with Crippen molar-refractivity contribution in [2.75, 3.05) is 13.7 Å². The van der Waals surface area contributed by atoms with Gasteiger partial charge >= 0.3 is 0 Å². The predicted molar refractivity (Wildman–Crippen MR) is 82.8 cm³/mol. The van der Waals surface area contributed by atoms with Crippen molar-refractivity contribution in [1.82, 2.24) is 5.32 Å². The second kappa shape index (κ2) is 7.55. The number of rotatable bonds is 7. The van der Waals surface area contributed by atoms with Crippen molar-refractivity contribution in [3.8, 4) is 17.2 Å². The molecule has 0 amide bonds.